The molecule has 1 aromatic carbocycles. The van der Waals surface area contributed by atoms with Gasteiger partial charge in [-0.1, -0.05) is 18.6 Å². The Morgan fingerprint density at radius 2 is 2.14 bits per heavy atom. The van der Waals surface area contributed by atoms with Crippen molar-refractivity contribution in [2.24, 2.45) is 0 Å². The first-order valence-corrected chi connectivity index (χ1v) is 7.48. The zero-order valence-electron chi connectivity index (χ0n) is 12.5. The topological polar surface area (TPSA) is 41.6 Å². The summed E-state index contributed by atoms with van der Waals surface area (Å²) in [6.07, 6.45) is 3.13. The predicted molar refractivity (Wildman–Crippen MR) is 79.8 cm³/mol. The number of methoxy groups -OCH3 is 1. The number of carbonyl (C=O) groups excluding carboxylic acids is 1. The third-order valence-corrected chi connectivity index (χ3v) is 3.88. The number of nitrogens with zero attached hydrogens (tertiary/aromatic N) is 1. The van der Waals surface area contributed by atoms with Crippen LogP contribution in [0.25, 0.3) is 0 Å². The first kappa shape index (κ1) is 15.8. The van der Waals surface area contributed by atoms with Crippen molar-refractivity contribution in [3.63, 3.8) is 0 Å². The van der Waals surface area contributed by atoms with Crippen molar-refractivity contribution < 1.29 is 13.9 Å². The summed E-state index contributed by atoms with van der Waals surface area (Å²) in [4.78, 5) is 14.0. The van der Waals surface area contributed by atoms with Crippen molar-refractivity contribution >= 4 is 6.03 Å². The Morgan fingerprint density at radius 1 is 1.38 bits per heavy atom. The number of amides is 2. The second kappa shape index (κ2) is 7.98. The van der Waals surface area contributed by atoms with E-state index >= 15 is 0 Å². The second-order valence-corrected chi connectivity index (χ2v) is 5.42. The van der Waals surface area contributed by atoms with E-state index in [1.165, 1.54) is 12.1 Å². The van der Waals surface area contributed by atoms with Gasteiger partial charge in [-0.05, 0) is 30.5 Å². The molecule has 5 heteroatoms. The molecular formula is C16H23FN2O2. The lowest BCUT2D eigenvalue weighted by molar-refractivity contribution is 0.179. The minimum atomic E-state index is -0.221. The monoisotopic (exact) mass is 294 g/mol. The van der Waals surface area contributed by atoms with Crippen molar-refractivity contribution in [1.29, 1.82) is 0 Å². The number of carbonyl (C=O) groups is 1. The van der Waals surface area contributed by atoms with E-state index in [0.717, 1.165) is 31.4 Å². The zero-order chi connectivity index (χ0) is 15.1. The molecule has 1 aromatic rings. The van der Waals surface area contributed by atoms with E-state index in [1.807, 2.05) is 17.0 Å². The molecule has 0 aliphatic carbocycles. The van der Waals surface area contributed by atoms with Gasteiger partial charge in [0.05, 0.1) is 6.61 Å². The van der Waals surface area contributed by atoms with Crippen LogP contribution in [0.4, 0.5) is 9.18 Å². The normalized spacial score (nSPS) is 19.1. The molecule has 4 nitrogen and oxygen atoms in total. The third kappa shape index (κ3) is 4.70. The molecule has 1 N–H and O–H groups in total. The molecule has 1 unspecified atom stereocenters. The molecule has 1 aliphatic rings. The maximum Gasteiger partial charge on any atom is 0.317 e. The summed E-state index contributed by atoms with van der Waals surface area (Å²) in [6, 6.07) is 6.59. The minimum Gasteiger partial charge on any atom is -0.383 e. The van der Waals surface area contributed by atoms with Crippen molar-refractivity contribution in [3.8, 4) is 0 Å². The van der Waals surface area contributed by atoms with E-state index in [4.69, 9.17) is 4.74 Å². The molecule has 21 heavy (non-hydrogen) atoms. The van der Waals surface area contributed by atoms with Crippen molar-refractivity contribution in [2.75, 3.05) is 33.4 Å². The van der Waals surface area contributed by atoms with Gasteiger partial charge < -0.3 is 15.0 Å². The van der Waals surface area contributed by atoms with E-state index in [2.05, 4.69) is 5.32 Å². The minimum absolute atomic E-state index is 0.0407. The van der Waals surface area contributed by atoms with Crippen LogP contribution in [-0.2, 0) is 4.74 Å². The largest absolute Gasteiger partial charge is 0.383 e. The van der Waals surface area contributed by atoms with Crippen LogP contribution in [0, 0.1) is 5.82 Å². The predicted octanol–water partition coefficient (Wildman–Crippen LogP) is 2.75. The van der Waals surface area contributed by atoms with Gasteiger partial charge in [0, 0.05) is 32.7 Å². The fraction of sp³-hybridized carbons (Fsp3) is 0.562. The van der Waals surface area contributed by atoms with Crippen molar-refractivity contribution in [2.45, 2.75) is 25.2 Å². The van der Waals surface area contributed by atoms with Crippen LogP contribution < -0.4 is 5.32 Å². The van der Waals surface area contributed by atoms with Crippen LogP contribution in [0.2, 0.25) is 0 Å². The molecule has 1 fully saturated rings. The summed E-state index contributed by atoms with van der Waals surface area (Å²) in [7, 11) is 1.61. The number of nitrogens with one attached hydrogen (secondary N) is 1. The van der Waals surface area contributed by atoms with Crippen molar-refractivity contribution in [3.05, 3.63) is 35.6 Å². The van der Waals surface area contributed by atoms with Gasteiger partial charge in [0.1, 0.15) is 5.82 Å². The molecule has 0 bridgehead atoms. The van der Waals surface area contributed by atoms with Crippen LogP contribution in [0.3, 0.4) is 0 Å². The number of halogens is 1. The summed E-state index contributed by atoms with van der Waals surface area (Å²) in [5.41, 5.74) is 1.10. The Kier molecular flexibility index (Phi) is 5.99. The van der Waals surface area contributed by atoms with Gasteiger partial charge >= 0.3 is 6.03 Å². The van der Waals surface area contributed by atoms with Gasteiger partial charge in [-0.15, -0.1) is 0 Å². The molecule has 0 aromatic heterocycles. The molecule has 0 spiro atoms. The van der Waals surface area contributed by atoms with Gasteiger partial charge in [-0.25, -0.2) is 9.18 Å². The molecule has 1 saturated heterocycles. The number of ether oxygens (including phenoxy) is 1. The maximum absolute atomic E-state index is 13.0. The lowest BCUT2D eigenvalue weighted by atomic mass is 9.94. The highest BCUT2D eigenvalue weighted by molar-refractivity contribution is 5.74. The Balaban J connectivity index is 1.97. The van der Waals surface area contributed by atoms with Gasteiger partial charge in [0.25, 0.3) is 0 Å². The second-order valence-electron chi connectivity index (χ2n) is 5.42. The zero-order valence-corrected chi connectivity index (χ0v) is 12.5. The van der Waals surface area contributed by atoms with Gasteiger partial charge in [0.2, 0.25) is 0 Å². The Morgan fingerprint density at radius 3 is 2.86 bits per heavy atom. The lowest BCUT2D eigenvalue weighted by Gasteiger charge is -2.25. The molecule has 0 saturated carbocycles. The highest BCUT2D eigenvalue weighted by atomic mass is 19.1. The van der Waals surface area contributed by atoms with Gasteiger partial charge in [-0.3, -0.25) is 0 Å². The van der Waals surface area contributed by atoms with Gasteiger partial charge in [0.15, 0.2) is 0 Å². The van der Waals surface area contributed by atoms with E-state index < -0.39 is 0 Å². The van der Waals surface area contributed by atoms with E-state index in [1.54, 1.807) is 7.11 Å². The molecule has 116 valence electrons. The number of benzene rings is 1. The summed E-state index contributed by atoms with van der Waals surface area (Å²) < 4.78 is 18.0. The maximum atomic E-state index is 13.0. The van der Waals surface area contributed by atoms with Crippen LogP contribution in [-0.4, -0.2) is 44.3 Å². The quantitative estimate of drug-likeness (QED) is 0.868. The Labute approximate surface area is 125 Å². The molecule has 1 atom stereocenters. The van der Waals surface area contributed by atoms with E-state index in [9.17, 15) is 9.18 Å². The number of hydrogen-bond acceptors (Lipinski definition) is 2. The Bertz CT molecular complexity index is 450. The summed E-state index contributed by atoms with van der Waals surface area (Å²) in [5, 5.41) is 2.86. The van der Waals surface area contributed by atoms with Gasteiger partial charge in [-0.2, -0.15) is 0 Å². The number of hydrogen-bond donors (Lipinski definition) is 1. The Hall–Kier alpha value is -1.62. The lowest BCUT2D eigenvalue weighted by Crippen LogP contribution is -2.42. The number of urea groups is 1. The molecule has 1 heterocycles. The average Bonchev–Trinajstić information content (AvgIpc) is 2.74. The molecule has 2 rings (SSSR count). The molecule has 2 amide bonds. The fourth-order valence-corrected chi connectivity index (χ4v) is 2.71. The van der Waals surface area contributed by atoms with Crippen LogP contribution in [0.5, 0.6) is 0 Å². The first-order chi connectivity index (χ1) is 10.2. The highest BCUT2D eigenvalue weighted by Crippen LogP contribution is 2.26. The van der Waals surface area contributed by atoms with Crippen molar-refractivity contribution in [1.82, 2.24) is 10.2 Å². The standard InChI is InChI=1S/C16H23FN2O2/c1-21-11-9-18-16(20)19-10-3-2-4-14(12-19)13-5-7-15(17)8-6-13/h5-8,14H,2-4,9-12H2,1H3,(H,18,20). The van der Waals surface area contributed by atoms with E-state index in [0.29, 0.717) is 19.7 Å². The van der Waals surface area contributed by atoms with Crippen LogP contribution >= 0.6 is 0 Å². The number of rotatable bonds is 4. The fourth-order valence-electron chi connectivity index (χ4n) is 2.71. The molecular weight excluding hydrogens is 271 g/mol. The highest BCUT2D eigenvalue weighted by Gasteiger charge is 2.22. The summed E-state index contributed by atoms with van der Waals surface area (Å²) >= 11 is 0. The van der Waals surface area contributed by atoms with E-state index in [-0.39, 0.29) is 17.8 Å². The average molecular weight is 294 g/mol. The number of likely N-dealkylation sites (tertiary alicyclic amines) is 1. The third-order valence-electron chi connectivity index (χ3n) is 3.88. The van der Waals surface area contributed by atoms with Crippen LogP contribution in [0.1, 0.15) is 30.7 Å². The SMILES string of the molecule is COCCNC(=O)N1CCCCC(c2ccc(F)cc2)C1. The smallest absolute Gasteiger partial charge is 0.317 e. The summed E-state index contributed by atoms with van der Waals surface area (Å²) in [6.45, 7) is 2.50. The first-order valence-electron chi connectivity index (χ1n) is 7.48. The van der Waals surface area contributed by atoms with Crippen LogP contribution in [0.15, 0.2) is 24.3 Å². The molecule has 0 radical (unpaired) electrons. The molecule has 1 aliphatic heterocycles. The summed E-state index contributed by atoms with van der Waals surface area (Å²) in [5.74, 6) is 0.0582.